The monoisotopic (exact) mass is 1480 g/mol. The molecule has 0 heterocycles. The van der Waals surface area contributed by atoms with Gasteiger partial charge < -0.3 is 33.8 Å². The third-order valence-corrected chi connectivity index (χ3v) is 19.2. The second kappa shape index (κ2) is 75.5. The van der Waals surface area contributed by atoms with Crippen molar-refractivity contribution in [1.29, 1.82) is 0 Å². The van der Waals surface area contributed by atoms with Gasteiger partial charge in [-0.15, -0.1) is 0 Å². The zero-order valence-electron chi connectivity index (χ0n) is 64.8. The lowest BCUT2D eigenvalue weighted by Crippen LogP contribution is -2.30. The lowest BCUT2D eigenvalue weighted by atomic mass is 10.0. The molecule has 0 saturated carbocycles. The molecule has 0 aliphatic rings. The molecule has 0 aromatic carbocycles. The van der Waals surface area contributed by atoms with Crippen molar-refractivity contribution in [3.05, 3.63) is 85.1 Å². The Balaban J connectivity index is 5.39. The van der Waals surface area contributed by atoms with Gasteiger partial charge in [-0.05, 0) is 116 Å². The first-order valence-electron chi connectivity index (χ1n) is 40.8. The maximum absolute atomic E-state index is 13.1. The first-order valence-corrected chi connectivity index (χ1v) is 43.8. The predicted octanol–water partition coefficient (Wildman–Crippen LogP) is 23.8. The van der Waals surface area contributed by atoms with Crippen LogP contribution in [0, 0.1) is 0 Å². The molecule has 0 saturated heterocycles. The van der Waals surface area contributed by atoms with Crippen molar-refractivity contribution >= 4 is 39.5 Å². The predicted molar refractivity (Wildman–Crippen MR) is 418 cm³/mol. The van der Waals surface area contributed by atoms with Gasteiger partial charge in [-0.1, -0.05) is 305 Å². The number of aliphatic hydroxyl groups is 1. The molecule has 0 bridgehead atoms. The van der Waals surface area contributed by atoms with E-state index >= 15 is 0 Å². The first-order chi connectivity index (χ1) is 49.7. The number of unbranched alkanes of at least 4 members (excludes halogenated alkanes) is 37. The molecule has 19 heteroatoms. The molecule has 0 amide bonds. The van der Waals surface area contributed by atoms with E-state index in [1.807, 2.05) is 12.2 Å². The molecule has 0 aromatic rings. The fourth-order valence-electron chi connectivity index (χ4n) is 11.1. The largest absolute Gasteiger partial charge is 0.472 e. The van der Waals surface area contributed by atoms with Crippen LogP contribution in [0.1, 0.15) is 362 Å². The Morgan fingerprint density at radius 2 is 0.500 bits per heavy atom. The summed E-state index contributed by atoms with van der Waals surface area (Å²) in [6, 6.07) is 0. The smallest absolute Gasteiger partial charge is 0.462 e. The average molecular weight is 1480 g/mol. The van der Waals surface area contributed by atoms with Gasteiger partial charge in [0.25, 0.3) is 0 Å². The molecule has 5 atom stereocenters. The van der Waals surface area contributed by atoms with Crippen molar-refractivity contribution in [3.63, 3.8) is 0 Å². The number of esters is 4. The van der Waals surface area contributed by atoms with Gasteiger partial charge in [-0.2, -0.15) is 0 Å². The van der Waals surface area contributed by atoms with Crippen molar-refractivity contribution in [2.45, 2.75) is 380 Å². The number of phosphoric acid groups is 2. The number of aliphatic hydroxyl groups excluding tert-OH is 1. The number of rotatable bonds is 77. The van der Waals surface area contributed by atoms with Crippen LogP contribution in [0.15, 0.2) is 85.1 Å². The summed E-state index contributed by atoms with van der Waals surface area (Å²) in [7, 11) is -9.97. The van der Waals surface area contributed by atoms with Crippen LogP contribution < -0.4 is 0 Å². The topological polar surface area (TPSA) is 237 Å². The van der Waals surface area contributed by atoms with Gasteiger partial charge >= 0.3 is 39.5 Å². The molecule has 2 unspecified atom stereocenters. The van der Waals surface area contributed by atoms with Crippen LogP contribution in [0.3, 0.4) is 0 Å². The number of carbonyl (C=O) groups is 4. The summed E-state index contributed by atoms with van der Waals surface area (Å²) in [6.45, 7) is 4.79. The molecule has 0 aliphatic carbocycles. The molecule has 0 spiro atoms. The lowest BCUT2D eigenvalue weighted by Gasteiger charge is -2.21. The van der Waals surface area contributed by atoms with Gasteiger partial charge in [0.1, 0.15) is 19.3 Å². The summed E-state index contributed by atoms with van der Waals surface area (Å²) < 4.78 is 68.6. The number of allylic oxidation sites excluding steroid dienone is 14. The van der Waals surface area contributed by atoms with E-state index in [1.165, 1.54) is 148 Å². The Morgan fingerprint density at radius 1 is 0.275 bits per heavy atom. The lowest BCUT2D eigenvalue weighted by molar-refractivity contribution is -0.161. The molecule has 0 radical (unpaired) electrons. The Morgan fingerprint density at radius 3 is 0.833 bits per heavy atom. The quantitative estimate of drug-likeness (QED) is 0.0169. The van der Waals surface area contributed by atoms with Gasteiger partial charge in [0.15, 0.2) is 12.2 Å². The molecular formula is C83H148O17P2. The summed E-state index contributed by atoms with van der Waals surface area (Å²) in [5.74, 6) is -2.26. The normalized spacial score (nSPS) is 14.3. The number of hydrogen-bond acceptors (Lipinski definition) is 15. The SMILES string of the molecule is CCCCC/C=C\C/C=C\C/C=C\C/C=C\C/C=C\CCC(=O)OC[C@H](COP(=O)(O)OC[C@@H](O)COP(=O)(O)OC[C@@H](COC(=O)CCCCCCCCC/C=C\CCCCCC)OC(=O)CCCCCCC/C=C\CCCCCCCC)OC(=O)CCCCCCCCCCCCCCC. The van der Waals surface area contributed by atoms with Gasteiger partial charge in [0.2, 0.25) is 0 Å². The number of hydrogen-bond donors (Lipinski definition) is 3. The van der Waals surface area contributed by atoms with E-state index in [0.717, 1.165) is 128 Å². The Bertz CT molecular complexity index is 2260. The molecule has 102 heavy (non-hydrogen) atoms. The van der Waals surface area contributed by atoms with E-state index in [-0.39, 0.29) is 25.7 Å². The highest BCUT2D eigenvalue weighted by atomic mass is 31.2. The van der Waals surface area contributed by atoms with Crippen LogP contribution in [0.2, 0.25) is 0 Å². The third-order valence-electron chi connectivity index (χ3n) is 17.3. The van der Waals surface area contributed by atoms with Gasteiger partial charge in [0, 0.05) is 25.7 Å². The molecule has 0 aliphatic heterocycles. The molecule has 0 fully saturated rings. The van der Waals surface area contributed by atoms with E-state index in [1.54, 1.807) is 0 Å². The molecule has 0 aromatic heterocycles. The number of carbonyl (C=O) groups excluding carboxylic acids is 4. The van der Waals surface area contributed by atoms with Gasteiger partial charge in [0.05, 0.1) is 26.4 Å². The number of phosphoric ester groups is 2. The third kappa shape index (κ3) is 74.5. The molecule has 17 nitrogen and oxygen atoms in total. The second-order valence-corrected chi connectivity index (χ2v) is 30.3. The minimum atomic E-state index is -4.99. The van der Waals surface area contributed by atoms with Crippen molar-refractivity contribution in [2.75, 3.05) is 39.6 Å². The van der Waals surface area contributed by atoms with E-state index in [0.29, 0.717) is 32.1 Å². The summed E-state index contributed by atoms with van der Waals surface area (Å²) >= 11 is 0. The van der Waals surface area contributed by atoms with Crippen LogP contribution in [0.25, 0.3) is 0 Å². The summed E-state index contributed by atoms with van der Waals surface area (Å²) in [5.41, 5.74) is 0. The Kier molecular flexibility index (Phi) is 72.7. The Hall–Kier alpha value is -3.76. The minimum absolute atomic E-state index is 0.0409. The van der Waals surface area contributed by atoms with Crippen LogP contribution in [0.5, 0.6) is 0 Å². The second-order valence-electron chi connectivity index (χ2n) is 27.4. The van der Waals surface area contributed by atoms with Crippen molar-refractivity contribution in [1.82, 2.24) is 0 Å². The molecule has 592 valence electrons. The highest BCUT2D eigenvalue weighted by Crippen LogP contribution is 2.45. The zero-order valence-corrected chi connectivity index (χ0v) is 66.6. The maximum Gasteiger partial charge on any atom is 0.472 e. The van der Waals surface area contributed by atoms with Crippen molar-refractivity contribution in [2.24, 2.45) is 0 Å². The summed E-state index contributed by atoms with van der Waals surface area (Å²) in [5, 5.41) is 10.6. The standard InChI is InChI=1S/C83H148O17P2/c1-5-9-13-17-21-25-29-33-36-37-38-39-42-45-48-52-56-60-64-68-81(86)94-73-78(99-82(87)69-65-61-57-53-49-43-32-28-24-20-16-12-8-4)75-97-101(89,90)95-71-77(84)72-96-102(91,92)98-76-79(100-83(88)70-66-62-58-54-50-46-41-35-31-27-23-19-15-11-7-3)74-93-80(85)67-63-59-55-51-47-44-40-34-30-26-22-18-14-10-6-2/h21,25-26,30,33,35-36,38-39,41,45,48,56,60,77-79,84H,5-20,22-24,27-29,31-32,34,37,40,42-44,46-47,49-55,57-59,61-76H2,1-4H3,(H,89,90)(H,91,92)/b25-21-,30-26-,36-33-,39-38-,41-35-,48-45-,60-56-/t77-,78-,79-/m1/s1. The van der Waals surface area contributed by atoms with E-state index in [9.17, 15) is 43.2 Å². The minimum Gasteiger partial charge on any atom is -0.462 e. The van der Waals surface area contributed by atoms with Crippen LogP contribution in [-0.4, -0.2) is 96.7 Å². The van der Waals surface area contributed by atoms with Crippen LogP contribution >= 0.6 is 15.6 Å². The fraction of sp³-hybridized carbons (Fsp3) is 0.783. The van der Waals surface area contributed by atoms with Crippen LogP contribution in [-0.2, 0) is 65.4 Å². The molecular weight excluding hydrogens is 1330 g/mol. The van der Waals surface area contributed by atoms with Crippen molar-refractivity contribution in [3.8, 4) is 0 Å². The fourth-order valence-corrected chi connectivity index (χ4v) is 12.7. The highest BCUT2D eigenvalue weighted by Gasteiger charge is 2.30. The molecule has 0 rings (SSSR count). The first kappa shape index (κ1) is 98.2. The maximum atomic E-state index is 13.1. The average Bonchev–Trinajstić information content (AvgIpc) is 0.908. The van der Waals surface area contributed by atoms with Crippen LogP contribution in [0.4, 0.5) is 0 Å². The van der Waals surface area contributed by atoms with E-state index in [2.05, 4.69) is 101 Å². The summed E-state index contributed by atoms with van der Waals surface area (Å²) in [4.78, 5) is 73.0. The molecule has 3 N–H and O–H groups in total. The van der Waals surface area contributed by atoms with Gasteiger partial charge in [-0.25, -0.2) is 9.13 Å². The van der Waals surface area contributed by atoms with Crippen molar-refractivity contribution < 1.29 is 80.2 Å². The zero-order chi connectivity index (χ0) is 74.6. The van der Waals surface area contributed by atoms with E-state index < -0.39 is 97.5 Å². The number of ether oxygens (including phenoxy) is 4. The highest BCUT2D eigenvalue weighted by molar-refractivity contribution is 7.47. The van der Waals surface area contributed by atoms with Gasteiger partial charge in [-0.3, -0.25) is 37.3 Å². The summed E-state index contributed by atoms with van der Waals surface area (Å²) in [6.07, 6.45) is 78.5. The van der Waals surface area contributed by atoms with E-state index in [4.69, 9.17) is 37.0 Å². The Labute approximate surface area is 621 Å².